The molecule has 0 unspecified atom stereocenters. The zero-order valence-electron chi connectivity index (χ0n) is 15.9. The standard InChI is InChI=1S/C19H20O8/c1-9-7-12(24-3)17(25-4)18(26-5)13(9)15-14(19(22)27-6)10(20)8-11(23-2)16(15)21/h7-8H,1-6H3. The van der Waals surface area contributed by atoms with Crippen molar-refractivity contribution < 1.29 is 38.1 Å². The number of rotatable bonds is 6. The first-order chi connectivity index (χ1) is 12.9. The van der Waals surface area contributed by atoms with Gasteiger partial charge in [-0.3, -0.25) is 9.59 Å². The molecule has 0 aliphatic heterocycles. The van der Waals surface area contributed by atoms with Crippen LogP contribution in [0.5, 0.6) is 17.2 Å². The van der Waals surface area contributed by atoms with Crippen molar-refractivity contribution in [2.75, 3.05) is 35.5 Å². The molecule has 8 nitrogen and oxygen atoms in total. The second-order valence-electron chi connectivity index (χ2n) is 5.48. The van der Waals surface area contributed by atoms with Gasteiger partial charge >= 0.3 is 5.97 Å². The Morgan fingerprint density at radius 1 is 0.889 bits per heavy atom. The third kappa shape index (κ3) is 3.25. The number of Topliss-reactive ketones (excluding diaryl/α,β-unsaturated/α-hetero) is 1. The number of allylic oxidation sites excluding steroid dienone is 2. The number of methoxy groups -OCH3 is 5. The fourth-order valence-corrected chi connectivity index (χ4v) is 2.90. The second kappa shape index (κ2) is 7.94. The number of aryl methyl sites for hydroxylation is 1. The predicted octanol–water partition coefficient (Wildman–Crippen LogP) is 1.63. The van der Waals surface area contributed by atoms with Crippen LogP contribution < -0.4 is 14.2 Å². The van der Waals surface area contributed by atoms with E-state index >= 15 is 0 Å². The summed E-state index contributed by atoms with van der Waals surface area (Å²) in [4.78, 5) is 37.8. The largest absolute Gasteiger partial charge is 0.493 e. The highest BCUT2D eigenvalue weighted by molar-refractivity contribution is 6.44. The average Bonchev–Trinajstić information content (AvgIpc) is 2.67. The number of benzene rings is 1. The summed E-state index contributed by atoms with van der Waals surface area (Å²) in [5.74, 6) is -1.76. The van der Waals surface area contributed by atoms with Gasteiger partial charge in [-0.25, -0.2) is 4.79 Å². The Kier molecular flexibility index (Phi) is 5.89. The minimum Gasteiger partial charge on any atom is -0.493 e. The van der Waals surface area contributed by atoms with Crippen LogP contribution in [0.1, 0.15) is 11.1 Å². The molecule has 0 saturated carbocycles. The zero-order valence-corrected chi connectivity index (χ0v) is 15.9. The van der Waals surface area contributed by atoms with E-state index in [-0.39, 0.29) is 28.4 Å². The molecule has 0 atom stereocenters. The Bertz CT molecular complexity index is 876. The van der Waals surface area contributed by atoms with Crippen molar-refractivity contribution in [3.63, 3.8) is 0 Å². The van der Waals surface area contributed by atoms with Crippen LogP contribution in [0, 0.1) is 6.92 Å². The summed E-state index contributed by atoms with van der Waals surface area (Å²) in [6.45, 7) is 1.68. The molecule has 0 N–H and O–H groups in total. The van der Waals surface area contributed by atoms with Crippen LogP contribution in [0.15, 0.2) is 23.5 Å². The van der Waals surface area contributed by atoms with E-state index in [0.717, 1.165) is 13.2 Å². The van der Waals surface area contributed by atoms with Crippen LogP contribution in [0.4, 0.5) is 0 Å². The Morgan fingerprint density at radius 3 is 2.00 bits per heavy atom. The summed E-state index contributed by atoms with van der Waals surface area (Å²) in [5.41, 5.74) is 0.161. The van der Waals surface area contributed by atoms with Crippen LogP contribution in [0.25, 0.3) is 5.57 Å². The van der Waals surface area contributed by atoms with Gasteiger partial charge in [0.1, 0.15) is 5.57 Å². The summed E-state index contributed by atoms with van der Waals surface area (Å²) in [6.07, 6.45) is 0.959. The van der Waals surface area contributed by atoms with Crippen molar-refractivity contribution in [3.05, 3.63) is 34.6 Å². The van der Waals surface area contributed by atoms with E-state index in [1.54, 1.807) is 13.0 Å². The Balaban J connectivity index is 2.96. The van der Waals surface area contributed by atoms with E-state index in [9.17, 15) is 14.4 Å². The molecule has 0 aromatic heterocycles. The Labute approximate surface area is 156 Å². The van der Waals surface area contributed by atoms with E-state index in [4.69, 9.17) is 23.7 Å². The van der Waals surface area contributed by atoms with Gasteiger partial charge in [0, 0.05) is 11.6 Å². The van der Waals surface area contributed by atoms with Gasteiger partial charge in [-0.1, -0.05) is 0 Å². The fourth-order valence-electron chi connectivity index (χ4n) is 2.90. The van der Waals surface area contributed by atoms with Gasteiger partial charge in [0.05, 0.1) is 41.1 Å². The topological polar surface area (TPSA) is 97.4 Å². The molecule has 144 valence electrons. The molecular formula is C19H20O8. The first-order valence-corrected chi connectivity index (χ1v) is 7.83. The Morgan fingerprint density at radius 2 is 1.52 bits per heavy atom. The quantitative estimate of drug-likeness (QED) is 0.420. The molecule has 1 aliphatic rings. The molecule has 0 bridgehead atoms. The van der Waals surface area contributed by atoms with Gasteiger partial charge in [0.25, 0.3) is 0 Å². The maximum atomic E-state index is 13.0. The highest BCUT2D eigenvalue weighted by atomic mass is 16.5. The predicted molar refractivity (Wildman–Crippen MR) is 94.9 cm³/mol. The van der Waals surface area contributed by atoms with E-state index in [0.29, 0.717) is 11.3 Å². The van der Waals surface area contributed by atoms with Crippen LogP contribution >= 0.6 is 0 Å². The molecule has 0 saturated heterocycles. The van der Waals surface area contributed by atoms with Gasteiger partial charge < -0.3 is 23.7 Å². The number of hydrogen-bond donors (Lipinski definition) is 0. The SMILES string of the molecule is COC(=O)C1=C(c2c(C)cc(OC)c(OC)c2OC)C(=O)C(OC)=CC1=O. The highest BCUT2D eigenvalue weighted by Gasteiger charge is 2.38. The minimum atomic E-state index is -0.939. The Hall–Kier alpha value is -3.29. The van der Waals surface area contributed by atoms with Crippen LogP contribution in [-0.2, 0) is 23.9 Å². The van der Waals surface area contributed by atoms with Crippen LogP contribution in [-0.4, -0.2) is 53.1 Å². The van der Waals surface area contributed by atoms with Gasteiger partial charge in [-0.15, -0.1) is 0 Å². The lowest BCUT2D eigenvalue weighted by Gasteiger charge is -2.23. The number of carbonyl (C=O) groups is 3. The lowest BCUT2D eigenvalue weighted by Crippen LogP contribution is -2.25. The third-order valence-electron chi connectivity index (χ3n) is 4.10. The van der Waals surface area contributed by atoms with Gasteiger partial charge in [0.15, 0.2) is 23.0 Å². The molecule has 1 aromatic carbocycles. The van der Waals surface area contributed by atoms with Crippen molar-refractivity contribution in [3.8, 4) is 17.2 Å². The molecule has 0 fully saturated rings. The maximum absolute atomic E-state index is 13.0. The fraction of sp³-hybridized carbons (Fsp3) is 0.316. The number of hydrogen-bond acceptors (Lipinski definition) is 8. The lowest BCUT2D eigenvalue weighted by atomic mass is 9.85. The summed E-state index contributed by atoms with van der Waals surface area (Å²) in [7, 11) is 6.62. The summed E-state index contributed by atoms with van der Waals surface area (Å²) < 4.78 is 25.8. The van der Waals surface area contributed by atoms with Crippen molar-refractivity contribution in [2.45, 2.75) is 6.92 Å². The maximum Gasteiger partial charge on any atom is 0.342 e. The average molecular weight is 376 g/mol. The zero-order chi connectivity index (χ0) is 20.3. The third-order valence-corrected chi connectivity index (χ3v) is 4.10. The van der Waals surface area contributed by atoms with Crippen molar-refractivity contribution >= 4 is 23.1 Å². The molecule has 0 spiro atoms. The summed E-state index contributed by atoms with van der Waals surface area (Å²) >= 11 is 0. The molecular weight excluding hydrogens is 356 g/mol. The minimum absolute atomic E-state index is 0.143. The van der Waals surface area contributed by atoms with E-state index < -0.39 is 23.1 Å². The van der Waals surface area contributed by atoms with Crippen molar-refractivity contribution in [2.24, 2.45) is 0 Å². The number of esters is 1. The van der Waals surface area contributed by atoms with Gasteiger partial charge in [0.2, 0.25) is 11.5 Å². The molecule has 1 aromatic rings. The van der Waals surface area contributed by atoms with E-state index in [1.165, 1.54) is 28.4 Å². The molecule has 0 heterocycles. The summed E-state index contributed by atoms with van der Waals surface area (Å²) in [5, 5.41) is 0. The first kappa shape index (κ1) is 20.0. The van der Waals surface area contributed by atoms with Crippen molar-refractivity contribution in [1.82, 2.24) is 0 Å². The van der Waals surface area contributed by atoms with Gasteiger partial charge in [-0.05, 0) is 18.6 Å². The summed E-state index contributed by atoms with van der Waals surface area (Å²) in [6, 6.07) is 1.61. The molecule has 8 heteroatoms. The smallest absolute Gasteiger partial charge is 0.342 e. The van der Waals surface area contributed by atoms with E-state index in [1.807, 2.05) is 0 Å². The number of carbonyl (C=O) groups excluding carboxylic acids is 3. The molecule has 0 amide bonds. The van der Waals surface area contributed by atoms with Crippen molar-refractivity contribution in [1.29, 1.82) is 0 Å². The molecule has 1 aliphatic carbocycles. The molecule has 2 rings (SSSR count). The van der Waals surface area contributed by atoms with Crippen LogP contribution in [0.2, 0.25) is 0 Å². The highest BCUT2D eigenvalue weighted by Crippen LogP contribution is 2.46. The molecule has 0 radical (unpaired) electrons. The normalized spacial score (nSPS) is 13.9. The van der Waals surface area contributed by atoms with Crippen LogP contribution in [0.3, 0.4) is 0 Å². The number of ketones is 2. The molecule has 27 heavy (non-hydrogen) atoms. The number of ether oxygens (including phenoxy) is 5. The second-order valence-corrected chi connectivity index (χ2v) is 5.48. The lowest BCUT2D eigenvalue weighted by molar-refractivity contribution is -0.137. The van der Waals surface area contributed by atoms with Gasteiger partial charge in [-0.2, -0.15) is 0 Å². The first-order valence-electron chi connectivity index (χ1n) is 7.83. The monoisotopic (exact) mass is 376 g/mol. The van der Waals surface area contributed by atoms with E-state index in [2.05, 4.69) is 0 Å².